The quantitative estimate of drug-likeness (QED) is 0.566. The topological polar surface area (TPSA) is 84.5 Å². The smallest absolute Gasteiger partial charge is 0.262 e. The molecule has 0 aliphatic rings. The van der Waals surface area contributed by atoms with Crippen LogP contribution in [0.5, 0.6) is 5.75 Å². The second kappa shape index (κ2) is 9.19. The third-order valence-electron chi connectivity index (χ3n) is 4.52. The molecule has 0 saturated carbocycles. The Labute approximate surface area is 180 Å². The lowest BCUT2D eigenvalue weighted by Gasteiger charge is -2.15. The summed E-state index contributed by atoms with van der Waals surface area (Å²) in [5, 5.41) is 3.14. The first-order valence-electron chi connectivity index (χ1n) is 9.10. The predicted molar refractivity (Wildman–Crippen MR) is 118 cm³/mol. The molecule has 1 amide bonds. The number of halogens is 1. The van der Waals surface area contributed by atoms with Crippen molar-refractivity contribution in [3.8, 4) is 5.75 Å². The van der Waals surface area contributed by atoms with Crippen LogP contribution in [0.1, 0.15) is 21.5 Å². The normalized spacial score (nSPS) is 11.0. The van der Waals surface area contributed by atoms with Gasteiger partial charge in [0.05, 0.1) is 23.3 Å². The van der Waals surface area contributed by atoms with Crippen molar-refractivity contribution >= 4 is 33.2 Å². The molecule has 0 unspecified atom stereocenters. The monoisotopic (exact) mass is 444 g/mol. The van der Waals surface area contributed by atoms with Gasteiger partial charge < -0.3 is 10.1 Å². The van der Waals surface area contributed by atoms with E-state index in [1.807, 2.05) is 30.3 Å². The average molecular weight is 445 g/mol. The minimum absolute atomic E-state index is 0.0430. The first-order valence-corrected chi connectivity index (χ1v) is 11.0. The third kappa shape index (κ3) is 4.93. The van der Waals surface area contributed by atoms with Crippen LogP contribution >= 0.6 is 11.6 Å². The zero-order valence-corrected chi connectivity index (χ0v) is 18.0. The molecule has 0 aliphatic carbocycles. The Balaban J connectivity index is 1.91. The van der Waals surface area contributed by atoms with Gasteiger partial charge in [-0.2, -0.15) is 0 Å². The highest BCUT2D eigenvalue weighted by Gasteiger charge is 2.22. The van der Waals surface area contributed by atoms with E-state index in [4.69, 9.17) is 16.3 Å². The summed E-state index contributed by atoms with van der Waals surface area (Å²) in [4.78, 5) is 12.9. The van der Waals surface area contributed by atoms with Gasteiger partial charge in [0.25, 0.3) is 15.9 Å². The number of carbonyl (C=O) groups is 1. The van der Waals surface area contributed by atoms with Crippen LogP contribution in [0, 0.1) is 6.92 Å². The summed E-state index contributed by atoms with van der Waals surface area (Å²) >= 11 is 6.07. The van der Waals surface area contributed by atoms with Crippen LogP contribution in [0.15, 0.2) is 71.6 Å². The first-order chi connectivity index (χ1) is 14.3. The molecule has 0 atom stereocenters. The van der Waals surface area contributed by atoms with E-state index in [9.17, 15) is 13.2 Å². The molecule has 0 aromatic heterocycles. The van der Waals surface area contributed by atoms with E-state index in [1.165, 1.54) is 25.3 Å². The standard InChI is InChI=1S/C22H21ClN2O4S/c1-15-19(23)9-6-10-21(15)30(27,28)25-20-12-11-17(29-2)13-18(20)22(26)24-14-16-7-4-3-5-8-16/h3-13,25H,14H2,1-2H3,(H,24,26). The Hall–Kier alpha value is -3.03. The van der Waals surface area contributed by atoms with E-state index in [1.54, 1.807) is 25.1 Å². The number of anilines is 1. The lowest BCUT2D eigenvalue weighted by Crippen LogP contribution is -2.25. The van der Waals surface area contributed by atoms with Gasteiger partial charge in [0, 0.05) is 11.6 Å². The number of benzene rings is 3. The number of carbonyl (C=O) groups excluding carboxylic acids is 1. The second-order valence-corrected chi connectivity index (χ2v) is 8.61. The minimum Gasteiger partial charge on any atom is -0.497 e. The maximum atomic E-state index is 13.0. The van der Waals surface area contributed by atoms with Crippen molar-refractivity contribution in [2.24, 2.45) is 0 Å². The van der Waals surface area contributed by atoms with Crippen molar-refractivity contribution in [1.29, 1.82) is 0 Å². The summed E-state index contributed by atoms with van der Waals surface area (Å²) in [5.74, 6) is 0.0000132. The van der Waals surface area contributed by atoms with Crippen molar-refractivity contribution in [1.82, 2.24) is 5.32 Å². The molecular formula is C22H21ClN2O4S. The van der Waals surface area contributed by atoms with Crippen molar-refractivity contribution in [3.63, 3.8) is 0 Å². The fraction of sp³-hybridized carbons (Fsp3) is 0.136. The third-order valence-corrected chi connectivity index (χ3v) is 6.44. The molecule has 0 bridgehead atoms. The number of hydrogen-bond acceptors (Lipinski definition) is 4. The number of ether oxygens (including phenoxy) is 1. The van der Waals surface area contributed by atoms with Gasteiger partial charge in [-0.05, 0) is 48.4 Å². The predicted octanol–water partition coefficient (Wildman–Crippen LogP) is 4.39. The number of amides is 1. The maximum Gasteiger partial charge on any atom is 0.262 e. The van der Waals surface area contributed by atoms with Crippen LogP contribution in [0.3, 0.4) is 0 Å². The molecule has 3 rings (SSSR count). The van der Waals surface area contributed by atoms with Gasteiger partial charge in [-0.25, -0.2) is 8.42 Å². The summed E-state index contributed by atoms with van der Waals surface area (Å²) in [7, 11) is -2.49. The Morgan fingerprint density at radius 3 is 2.47 bits per heavy atom. The second-order valence-electron chi connectivity index (χ2n) is 6.55. The van der Waals surface area contributed by atoms with Crippen LogP contribution < -0.4 is 14.8 Å². The van der Waals surface area contributed by atoms with Gasteiger partial charge in [0.15, 0.2) is 0 Å². The van der Waals surface area contributed by atoms with Crippen LogP contribution in [0.4, 0.5) is 5.69 Å². The van der Waals surface area contributed by atoms with Crippen LogP contribution in [0.2, 0.25) is 5.02 Å². The summed E-state index contributed by atoms with van der Waals surface area (Å²) in [6, 6.07) is 18.6. The molecule has 0 fully saturated rings. The molecule has 8 heteroatoms. The fourth-order valence-electron chi connectivity index (χ4n) is 2.88. The van der Waals surface area contributed by atoms with Crippen molar-refractivity contribution in [2.45, 2.75) is 18.4 Å². The molecular weight excluding hydrogens is 424 g/mol. The highest BCUT2D eigenvalue weighted by Crippen LogP contribution is 2.28. The van der Waals surface area contributed by atoms with Crippen LogP contribution in [-0.2, 0) is 16.6 Å². The van der Waals surface area contributed by atoms with E-state index in [2.05, 4.69) is 10.0 Å². The van der Waals surface area contributed by atoms with Gasteiger partial charge in [-0.1, -0.05) is 48.0 Å². The first kappa shape index (κ1) is 21.7. The molecule has 0 saturated heterocycles. The van der Waals surface area contributed by atoms with E-state index in [-0.39, 0.29) is 16.1 Å². The summed E-state index contributed by atoms with van der Waals surface area (Å²) in [6.45, 7) is 1.93. The van der Waals surface area contributed by atoms with Gasteiger partial charge in [0.1, 0.15) is 5.75 Å². The summed E-state index contributed by atoms with van der Waals surface area (Å²) < 4.78 is 33.6. The number of hydrogen-bond donors (Lipinski definition) is 2. The lowest BCUT2D eigenvalue weighted by molar-refractivity contribution is 0.0951. The Kier molecular flexibility index (Phi) is 6.64. The number of rotatable bonds is 7. The Morgan fingerprint density at radius 2 is 1.77 bits per heavy atom. The SMILES string of the molecule is COc1ccc(NS(=O)(=O)c2cccc(Cl)c2C)c(C(=O)NCc2ccccc2)c1. The molecule has 0 spiro atoms. The van der Waals surface area contributed by atoms with Gasteiger partial charge in [-0.3, -0.25) is 9.52 Å². The fourth-order valence-corrected chi connectivity index (χ4v) is 4.46. The van der Waals surface area contributed by atoms with E-state index in [0.717, 1.165) is 5.56 Å². The highest BCUT2D eigenvalue weighted by molar-refractivity contribution is 7.92. The van der Waals surface area contributed by atoms with Crippen LogP contribution in [0.25, 0.3) is 0 Å². The van der Waals surface area contributed by atoms with Crippen molar-refractivity contribution in [3.05, 3.63) is 88.4 Å². The zero-order chi connectivity index (χ0) is 21.7. The summed E-state index contributed by atoms with van der Waals surface area (Å²) in [6.07, 6.45) is 0. The minimum atomic E-state index is -3.96. The number of nitrogens with one attached hydrogen (secondary N) is 2. The van der Waals surface area contributed by atoms with Gasteiger partial charge >= 0.3 is 0 Å². The van der Waals surface area contributed by atoms with E-state index in [0.29, 0.717) is 22.9 Å². The largest absolute Gasteiger partial charge is 0.497 e. The molecule has 0 radical (unpaired) electrons. The summed E-state index contributed by atoms with van der Waals surface area (Å²) in [5.41, 5.74) is 1.63. The van der Waals surface area contributed by atoms with Crippen LogP contribution in [-0.4, -0.2) is 21.4 Å². The molecule has 3 aromatic rings. The van der Waals surface area contributed by atoms with Gasteiger partial charge in [-0.15, -0.1) is 0 Å². The molecule has 0 heterocycles. The van der Waals surface area contributed by atoms with Gasteiger partial charge in [0.2, 0.25) is 0 Å². The van der Waals surface area contributed by atoms with Crippen molar-refractivity contribution < 1.29 is 17.9 Å². The molecule has 30 heavy (non-hydrogen) atoms. The molecule has 2 N–H and O–H groups in total. The average Bonchev–Trinajstić information content (AvgIpc) is 2.74. The molecule has 0 aliphatic heterocycles. The molecule has 6 nitrogen and oxygen atoms in total. The number of methoxy groups -OCH3 is 1. The number of sulfonamides is 1. The van der Waals surface area contributed by atoms with E-state index < -0.39 is 15.9 Å². The highest BCUT2D eigenvalue weighted by atomic mass is 35.5. The van der Waals surface area contributed by atoms with Crippen molar-refractivity contribution in [2.75, 3.05) is 11.8 Å². The zero-order valence-electron chi connectivity index (χ0n) is 16.5. The molecule has 156 valence electrons. The Bertz CT molecular complexity index is 1170. The molecule has 3 aromatic carbocycles. The van der Waals surface area contributed by atoms with E-state index >= 15 is 0 Å². The Morgan fingerprint density at radius 1 is 1.03 bits per heavy atom. The lowest BCUT2D eigenvalue weighted by atomic mass is 10.1. The maximum absolute atomic E-state index is 13.0.